The van der Waals surface area contributed by atoms with E-state index in [1.165, 1.54) is 15.7 Å². The minimum Gasteiger partial charge on any atom is -0.465 e. The van der Waals surface area contributed by atoms with Crippen molar-refractivity contribution in [2.75, 3.05) is 26.2 Å². The fourth-order valence-corrected chi connectivity index (χ4v) is 3.63. The van der Waals surface area contributed by atoms with Gasteiger partial charge < -0.3 is 25.2 Å². The summed E-state index contributed by atoms with van der Waals surface area (Å²) >= 11 is 5.93. The number of amides is 1. The third kappa shape index (κ3) is 5.30. The van der Waals surface area contributed by atoms with Crippen molar-refractivity contribution < 1.29 is 19.9 Å². The van der Waals surface area contributed by atoms with Crippen molar-refractivity contribution in [3.8, 4) is 0 Å². The molecule has 1 unspecified atom stereocenters. The van der Waals surface area contributed by atoms with Crippen molar-refractivity contribution in [2.45, 2.75) is 45.9 Å². The molecule has 0 spiro atoms. The van der Waals surface area contributed by atoms with Gasteiger partial charge in [0, 0.05) is 26.2 Å². The number of carbonyl (C=O) groups is 1. The van der Waals surface area contributed by atoms with E-state index in [9.17, 15) is 25.1 Å². The Morgan fingerprint density at radius 2 is 2.00 bits per heavy atom. The van der Waals surface area contributed by atoms with E-state index in [1.54, 1.807) is 6.92 Å². The fraction of sp³-hybridized carbons (Fsp3) is 0.750. The SMILES string of the molecule is CC(O)(CN1CCN(C(=O)O)[C@@H](C(C)(C)C)C1)Cn1cc([N+](=O)[O-])nc1Cl. The van der Waals surface area contributed by atoms with Gasteiger partial charge in [-0.2, -0.15) is 0 Å². The number of aromatic nitrogens is 2. The lowest BCUT2D eigenvalue weighted by Crippen LogP contribution is -2.61. The van der Waals surface area contributed by atoms with Crippen LogP contribution in [0.25, 0.3) is 0 Å². The zero-order valence-electron chi connectivity index (χ0n) is 15.9. The van der Waals surface area contributed by atoms with Gasteiger partial charge in [0.25, 0.3) is 0 Å². The van der Waals surface area contributed by atoms with E-state index in [4.69, 9.17) is 11.6 Å². The monoisotopic (exact) mass is 403 g/mol. The second-order valence-corrected chi connectivity index (χ2v) is 8.68. The summed E-state index contributed by atoms with van der Waals surface area (Å²) in [4.78, 5) is 28.8. The quantitative estimate of drug-likeness (QED) is 0.568. The molecule has 11 heteroatoms. The first-order valence-electron chi connectivity index (χ1n) is 8.61. The molecular formula is C16H26ClN5O5. The molecule has 1 saturated heterocycles. The molecule has 2 heterocycles. The Hall–Kier alpha value is -1.91. The standard InChI is InChI=1S/C16H26ClN5O5/c1-15(2,3)11-7-19(5-6-21(11)14(23)24)9-16(4,25)10-20-8-12(22(26)27)18-13(20)17/h8,11,25H,5-7,9-10H2,1-4H3,(H,23,24)/t11-,16?/m1/s1. The second-order valence-electron chi connectivity index (χ2n) is 8.34. The summed E-state index contributed by atoms with van der Waals surface area (Å²) in [6.07, 6.45) is 0.246. The molecule has 1 aliphatic heterocycles. The van der Waals surface area contributed by atoms with Gasteiger partial charge in [-0.15, -0.1) is 0 Å². The summed E-state index contributed by atoms with van der Waals surface area (Å²) in [6, 6.07) is -0.211. The number of nitrogens with zero attached hydrogens (tertiary/aromatic N) is 5. The number of hydrogen-bond acceptors (Lipinski definition) is 6. The van der Waals surface area contributed by atoms with E-state index in [1.807, 2.05) is 25.7 Å². The number of halogens is 1. The first-order valence-corrected chi connectivity index (χ1v) is 8.99. The van der Waals surface area contributed by atoms with Crippen molar-refractivity contribution in [3.05, 3.63) is 21.6 Å². The van der Waals surface area contributed by atoms with Crippen LogP contribution in [0.5, 0.6) is 0 Å². The van der Waals surface area contributed by atoms with E-state index in [0.717, 1.165) is 0 Å². The predicted molar refractivity (Wildman–Crippen MR) is 98.9 cm³/mol. The highest BCUT2D eigenvalue weighted by atomic mass is 35.5. The highest BCUT2D eigenvalue weighted by molar-refractivity contribution is 6.28. The lowest BCUT2D eigenvalue weighted by atomic mass is 9.84. The van der Waals surface area contributed by atoms with Crippen LogP contribution in [-0.4, -0.2) is 78.4 Å². The van der Waals surface area contributed by atoms with Gasteiger partial charge in [0.2, 0.25) is 0 Å². The van der Waals surface area contributed by atoms with Gasteiger partial charge in [-0.25, -0.2) is 4.79 Å². The van der Waals surface area contributed by atoms with Crippen molar-refractivity contribution >= 4 is 23.5 Å². The maximum atomic E-state index is 11.5. The maximum absolute atomic E-state index is 11.5. The Bertz CT molecular complexity index is 715. The molecule has 1 aromatic heterocycles. The third-order valence-corrected chi connectivity index (χ3v) is 4.99. The number of imidazole rings is 1. The summed E-state index contributed by atoms with van der Waals surface area (Å²) < 4.78 is 1.34. The zero-order valence-corrected chi connectivity index (χ0v) is 16.7. The van der Waals surface area contributed by atoms with Crippen LogP contribution in [0.15, 0.2) is 6.20 Å². The molecule has 1 fully saturated rings. The van der Waals surface area contributed by atoms with Crippen LogP contribution in [-0.2, 0) is 6.54 Å². The molecule has 2 N–H and O–H groups in total. The number of nitro groups is 1. The summed E-state index contributed by atoms with van der Waals surface area (Å²) in [7, 11) is 0. The highest BCUT2D eigenvalue weighted by Gasteiger charge is 2.39. The number of β-amino-alcohol motifs (C(OH)–C–C–N with tert-alkyl or cyclic N) is 1. The summed E-state index contributed by atoms with van der Waals surface area (Å²) in [5.41, 5.74) is -1.48. The zero-order chi connectivity index (χ0) is 20.6. The molecule has 0 radical (unpaired) electrons. The van der Waals surface area contributed by atoms with Crippen LogP contribution in [0, 0.1) is 15.5 Å². The smallest absolute Gasteiger partial charge is 0.407 e. The maximum Gasteiger partial charge on any atom is 0.407 e. The first-order chi connectivity index (χ1) is 12.3. The van der Waals surface area contributed by atoms with Gasteiger partial charge in [-0.3, -0.25) is 9.47 Å². The van der Waals surface area contributed by atoms with Crippen molar-refractivity contribution in [3.63, 3.8) is 0 Å². The molecule has 2 rings (SSSR count). The molecule has 1 amide bonds. The number of aliphatic hydroxyl groups is 1. The number of rotatable bonds is 5. The molecular weight excluding hydrogens is 378 g/mol. The fourth-order valence-electron chi connectivity index (χ4n) is 3.43. The van der Waals surface area contributed by atoms with Gasteiger partial charge in [0.05, 0.1) is 18.2 Å². The summed E-state index contributed by atoms with van der Waals surface area (Å²) in [5, 5.41) is 31.0. The number of carboxylic acid groups (broad SMARTS) is 1. The van der Waals surface area contributed by atoms with Gasteiger partial charge in [0.15, 0.2) is 0 Å². The molecule has 27 heavy (non-hydrogen) atoms. The third-order valence-electron chi connectivity index (χ3n) is 4.69. The average molecular weight is 404 g/mol. The summed E-state index contributed by atoms with van der Waals surface area (Å²) in [5.74, 6) is -0.376. The highest BCUT2D eigenvalue weighted by Crippen LogP contribution is 2.29. The van der Waals surface area contributed by atoms with Crippen LogP contribution in [0.4, 0.5) is 10.6 Å². The van der Waals surface area contributed by atoms with Gasteiger partial charge >= 0.3 is 17.2 Å². The normalized spacial score (nSPS) is 21.1. The Morgan fingerprint density at radius 1 is 1.37 bits per heavy atom. The van der Waals surface area contributed by atoms with Gasteiger partial charge in [0.1, 0.15) is 6.20 Å². The topological polar surface area (TPSA) is 125 Å². The second kappa shape index (κ2) is 7.61. The van der Waals surface area contributed by atoms with Crippen molar-refractivity contribution in [2.24, 2.45) is 5.41 Å². The van der Waals surface area contributed by atoms with E-state index in [0.29, 0.717) is 19.6 Å². The van der Waals surface area contributed by atoms with Crippen molar-refractivity contribution in [1.29, 1.82) is 0 Å². The van der Waals surface area contributed by atoms with E-state index in [-0.39, 0.29) is 35.6 Å². The number of hydrogen-bond donors (Lipinski definition) is 2. The minimum atomic E-state index is -1.23. The van der Waals surface area contributed by atoms with Crippen LogP contribution in [0.1, 0.15) is 27.7 Å². The molecule has 0 aliphatic carbocycles. The average Bonchev–Trinajstić information content (AvgIpc) is 2.86. The Kier molecular flexibility index (Phi) is 6.03. The van der Waals surface area contributed by atoms with Crippen LogP contribution in [0.2, 0.25) is 5.28 Å². The predicted octanol–water partition coefficient (Wildman–Crippen LogP) is 1.91. The Balaban J connectivity index is 2.09. The molecule has 2 atom stereocenters. The molecule has 0 bridgehead atoms. The molecule has 10 nitrogen and oxygen atoms in total. The largest absolute Gasteiger partial charge is 0.465 e. The van der Waals surface area contributed by atoms with E-state index < -0.39 is 16.6 Å². The summed E-state index contributed by atoms with van der Waals surface area (Å²) in [6.45, 7) is 9.21. The number of piperazine rings is 1. The molecule has 1 aliphatic rings. The van der Waals surface area contributed by atoms with Crippen molar-refractivity contribution in [1.82, 2.24) is 19.4 Å². The molecule has 0 aromatic carbocycles. The lowest BCUT2D eigenvalue weighted by molar-refractivity contribution is -0.389. The van der Waals surface area contributed by atoms with Crippen LogP contribution < -0.4 is 0 Å². The molecule has 0 saturated carbocycles. The van der Waals surface area contributed by atoms with Gasteiger partial charge in [-0.1, -0.05) is 20.8 Å². The van der Waals surface area contributed by atoms with E-state index in [2.05, 4.69) is 4.98 Å². The Morgan fingerprint density at radius 3 is 2.48 bits per heavy atom. The Labute approximate surface area is 162 Å². The molecule has 152 valence electrons. The molecule has 1 aromatic rings. The van der Waals surface area contributed by atoms with E-state index >= 15 is 0 Å². The van der Waals surface area contributed by atoms with Crippen LogP contribution in [0.3, 0.4) is 0 Å². The minimum absolute atomic E-state index is 0.0337. The van der Waals surface area contributed by atoms with Gasteiger partial charge in [-0.05, 0) is 33.8 Å². The van der Waals surface area contributed by atoms with Crippen LogP contribution >= 0.6 is 11.6 Å². The lowest BCUT2D eigenvalue weighted by Gasteiger charge is -2.47. The first kappa shape index (κ1) is 21.4.